The van der Waals surface area contributed by atoms with E-state index in [9.17, 15) is 18.0 Å². The number of hydrogen-bond donors (Lipinski definition) is 0. The lowest BCUT2D eigenvalue weighted by Gasteiger charge is -2.34. The van der Waals surface area contributed by atoms with E-state index in [0.717, 1.165) is 12.3 Å². The minimum atomic E-state index is -4.50. The first kappa shape index (κ1) is 16.2. The molecule has 24 heavy (non-hydrogen) atoms. The van der Waals surface area contributed by atoms with E-state index in [1.54, 1.807) is 27.7 Å². The molecule has 2 aromatic heterocycles. The van der Waals surface area contributed by atoms with E-state index >= 15 is 0 Å². The van der Waals surface area contributed by atoms with Crippen molar-refractivity contribution in [2.75, 3.05) is 31.1 Å². The van der Waals surface area contributed by atoms with Crippen LogP contribution in [0.1, 0.15) is 16.1 Å². The molecule has 1 saturated heterocycles. The van der Waals surface area contributed by atoms with Gasteiger partial charge in [-0.15, -0.1) is 0 Å². The van der Waals surface area contributed by atoms with Crippen molar-refractivity contribution in [3.8, 4) is 0 Å². The van der Waals surface area contributed by atoms with Crippen molar-refractivity contribution < 1.29 is 18.0 Å². The number of rotatable bonds is 2. The SMILES string of the molecule is Cn1cc(C(=O)N2CCN(c3nccc(C(F)(F)F)n3)CC2)cn1. The number of hydrogen-bond acceptors (Lipinski definition) is 5. The second-order valence-electron chi connectivity index (χ2n) is 5.42. The molecule has 1 aliphatic heterocycles. The Balaban J connectivity index is 1.66. The molecule has 0 saturated carbocycles. The number of aromatic nitrogens is 4. The molecule has 0 atom stereocenters. The molecular weight excluding hydrogens is 325 g/mol. The standard InChI is InChI=1S/C14H15F3N6O/c1-21-9-10(8-19-21)12(24)22-4-6-23(7-5-22)13-18-3-2-11(20-13)14(15,16)17/h2-3,8-9H,4-7H2,1H3. The molecule has 10 heteroatoms. The Labute approximate surface area is 135 Å². The molecule has 0 aliphatic carbocycles. The Morgan fingerprint density at radius 2 is 1.92 bits per heavy atom. The van der Waals surface area contributed by atoms with Crippen molar-refractivity contribution in [1.82, 2.24) is 24.6 Å². The number of carbonyl (C=O) groups is 1. The number of alkyl halides is 3. The summed E-state index contributed by atoms with van der Waals surface area (Å²) in [6, 6.07) is 0.839. The first-order valence-electron chi connectivity index (χ1n) is 7.28. The minimum absolute atomic E-state index is 0.0262. The predicted octanol–water partition coefficient (Wildman–Crippen LogP) is 1.19. The van der Waals surface area contributed by atoms with Crippen molar-refractivity contribution in [3.05, 3.63) is 35.9 Å². The number of aryl methyl sites for hydroxylation is 1. The van der Waals surface area contributed by atoms with Gasteiger partial charge in [-0.25, -0.2) is 9.97 Å². The molecular formula is C14H15F3N6O. The van der Waals surface area contributed by atoms with Gasteiger partial charge in [0.2, 0.25) is 5.95 Å². The lowest BCUT2D eigenvalue weighted by atomic mass is 10.2. The molecule has 0 spiro atoms. The summed E-state index contributed by atoms with van der Waals surface area (Å²) >= 11 is 0. The summed E-state index contributed by atoms with van der Waals surface area (Å²) in [6.45, 7) is 1.50. The summed E-state index contributed by atoms with van der Waals surface area (Å²) in [5.41, 5.74) is -0.484. The molecule has 0 radical (unpaired) electrons. The number of piperazine rings is 1. The van der Waals surface area contributed by atoms with E-state index in [2.05, 4.69) is 15.1 Å². The van der Waals surface area contributed by atoms with E-state index in [4.69, 9.17) is 0 Å². The van der Waals surface area contributed by atoms with Gasteiger partial charge in [0.1, 0.15) is 5.69 Å². The predicted molar refractivity (Wildman–Crippen MR) is 78.4 cm³/mol. The van der Waals surface area contributed by atoms with E-state index in [-0.39, 0.29) is 11.9 Å². The zero-order chi connectivity index (χ0) is 17.3. The molecule has 0 bridgehead atoms. The maximum Gasteiger partial charge on any atom is 0.433 e. The number of amides is 1. The van der Waals surface area contributed by atoms with Crippen LogP contribution in [-0.2, 0) is 13.2 Å². The van der Waals surface area contributed by atoms with Gasteiger partial charge in [-0.3, -0.25) is 9.48 Å². The van der Waals surface area contributed by atoms with Crippen molar-refractivity contribution in [2.24, 2.45) is 7.05 Å². The van der Waals surface area contributed by atoms with Crippen LogP contribution in [0.5, 0.6) is 0 Å². The Bertz CT molecular complexity index is 736. The maximum atomic E-state index is 12.7. The highest BCUT2D eigenvalue weighted by atomic mass is 19.4. The van der Waals surface area contributed by atoms with E-state index < -0.39 is 11.9 Å². The monoisotopic (exact) mass is 340 g/mol. The van der Waals surface area contributed by atoms with Crippen molar-refractivity contribution in [1.29, 1.82) is 0 Å². The number of nitrogens with zero attached hydrogens (tertiary/aromatic N) is 6. The van der Waals surface area contributed by atoms with Gasteiger partial charge in [0, 0.05) is 45.6 Å². The van der Waals surface area contributed by atoms with Gasteiger partial charge in [-0.1, -0.05) is 0 Å². The lowest BCUT2D eigenvalue weighted by Crippen LogP contribution is -2.49. The van der Waals surface area contributed by atoms with Crippen molar-refractivity contribution in [3.63, 3.8) is 0 Å². The molecule has 3 rings (SSSR count). The first-order valence-corrected chi connectivity index (χ1v) is 7.28. The average Bonchev–Trinajstić information content (AvgIpc) is 3.00. The molecule has 7 nitrogen and oxygen atoms in total. The summed E-state index contributed by atoms with van der Waals surface area (Å²) in [5.74, 6) is -0.119. The fourth-order valence-corrected chi connectivity index (χ4v) is 2.48. The molecule has 1 amide bonds. The maximum absolute atomic E-state index is 12.7. The molecule has 0 unspecified atom stereocenters. The highest BCUT2D eigenvalue weighted by molar-refractivity contribution is 5.93. The average molecular weight is 340 g/mol. The molecule has 1 aliphatic rings. The van der Waals surface area contributed by atoms with E-state index in [1.165, 1.54) is 6.20 Å². The van der Waals surface area contributed by atoms with Crippen LogP contribution < -0.4 is 4.90 Å². The lowest BCUT2D eigenvalue weighted by molar-refractivity contribution is -0.141. The molecule has 128 valence electrons. The molecule has 0 N–H and O–H groups in total. The van der Waals surface area contributed by atoms with Crippen molar-refractivity contribution >= 4 is 11.9 Å². The molecule has 0 aromatic carbocycles. The number of carbonyl (C=O) groups excluding carboxylic acids is 1. The molecule has 3 heterocycles. The van der Waals surface area contributed by atoms with Crippen LogP contribution in [0, 0.1) is 0 Å². The normalized spacial score (nSPS) is 15.7. The van der Waals surface area contributed by atoms with Gasteiger partial charge < -0.3 is 9.80 Å². The van der Waals surface area contributed by atoms with Crippen molar-refractivity contribution in [2.45, 2.75) is 6.18 Å². The van der Waals surface area contributed by atoms with Gasteiger partial charge in [-0.2, -0.15) is 18.3 Å². The smallest absolute Gasteiger partial charge is 0.337 e. The van der Waals surface area contributed by atoms with Crippen LogP contribution in [0.3, 0.4) is 0 Å². The summed E-state index contributed by atoms with van der Waals surface area (Å²) in [4.78, 5) is 23.1. The second kappa shape index (κ2) is 6.10. The third-order valence-corrected chi connectivity index (χ3v) is 3.73. The molecule has 1 fully saturated rings. The zero-order valence-electron chi connectivity index (χ0n) is 12.9. The van der Waals surface area contributed by atoms with Crippen LogP contribution in [0.2, 0.25) is 0 Å². The van der Waals surface area contributed by atoms with Crippen LogP contribution in [0.25, 0.3) is 0 Å². The van der Waals surface area contributed by atoms with Gasteiger partial charge in [-0.05, 0) is 6.07 Å². The fourth-order valence-electron chi connectivity index (χ4n) is 2.48. The third kappa shape index (κ3) is 3.31. The third-order valence-electron chi connectivity index (χ3n) is 3.73. The van der Waals surface area contributed by atoms with Gasteiger partial charge >= 0.3 is 6.18 Å². The Morgan fingerprint density at radius 3 is 2.50 bits per heavy atom. The Kier molecular flexibility index (Phi) is 4.12. The fraction of sp³-hybridized carbons (Fsp3) is 0.429. The quantitative estimate of drug-likeness (QED) is 0.822. The summed E-state index contributed by atoms with van der Waals surface area (Å²) in [6.07, 6.45) is -0.288. The molecule has 2 aromatic rings. The van der Waals surface area contributed by atoms with Gasteiger partial charge in [0.25, 0.3) is 5.91 Å². The first-order chi connectivity index (χ1) is 11.3. The Hall–Kier alpha value is -2.65. The van der Waals surface area contributed by atoms with Gasteiger partial charge in [0.05, 0.1) is 11.8 Å². The topological polar surface area (TPSA) is 67.2 Å². The van der Waals surface area contributed by atoms with Crippen LogP contribution >= 0.6 is 0 Å². The second-order valence-corrected chi connectivity index (χ2v) is 5.42. The summed E-state index contributed by atoms with van der Waals surface area (Å²) in [7, 11) is 1.72. The highest BCUT2D eigenvalue weighted by Gasteiger charge is 2.33. The summed E-state index contributed by atoms with van der Waals surface area (Å²) < 4.78 is 39.7. The van der Waals surface area contributed by atoms with E-state index in [0.29, 0.717) is 31.7 Å². The minimum Gasteiger partial charge on any atom is -0.337 e. The Morgan fingerprint density at radius 1 is 1.21 bits per heavy atom. The zero-order valence-corrected chi connectivity index (χ0v) is 12.9. The largest absolute Gasteiger partial charge is 0.433 e. The van der Waals surface area contributed by atoms with Crippen LogP contribution in [0.15, 0.2) is 24.7 Å². The number of halogens is 3. The summed E-state index contributed by atoms with van der Waals surface area (Å²) in [5, 5.41) is 3.96. The van der Waals surface area contributed by atoms with Gasteiger partial charge in [0.15, 0.2) is 0 Å². The number of anilines is 1. The van der Waals surface area contributed by atoms with E-state index in [1.807, 2.05) is 0 Å². The van der Waals surface area contributed by atoms with Crippen LogP contribution in [-0.4, -0.2) is 56.7 Å². The highest BCUT2D eigenvalue weighted by Crippen LogP contribution is 2.28. The van der Waals surface area contributed by atoms with Crippen LogP contribution in [0.4, 0.5) is 19.1 Å².